The van der Waals surface area contributed by atoms with Crippen LogP contribution < -0.4 is 10.1 Å². The molecule has 3 rings (SSSR count). The Morgan fingerprint density at radius 1 is 1.32 bits per heavy atom. The van der Waals surface area contributed by atoms with Crippen molar-refractivity contribution >= 4 is 11.6 Å². The lowest BCUT2D eigenvalue weighted by atomic mass is 9.78. The lowest BCUT2D eigenvalue weighted by Crippen LogP contribution is -2.33. The molecule has 9 heteroatoms. The Hall–Kier alpha value is -2.65. The molecule has 2 aromatic rings. The fourth-order valence-corrected chi connectivity index (χ4v) is 3.84. The van der Waals surface area contributed by atoms with Crippen molar-refractivity contribution in [2.75, 3.05) is 19.1 Å². The molecule has 1 aliphatic rings. The molecule has 168 valence electrons. The Bertz CT molecular complexity index is 953. The van der Waals surface area contributed by atoms with Crippen LogP contribution in [-0.2, 0) is 9.53 Å². The number of rotatable bonds is 6. The van der Waals surface area contributed by atoms with E-state index in [0.29, 0.717) is 11.3 Å². The molecular weight excluding hydrogens is 413 g/mol. The van der Waals surface area contributed by atoms with Gasteiger partial charge in [0.1, 0.15) is 18.9 Å². The molecule has 0 spiro atoms. The number of methoxy groups -OCH3 is 1. The molecule has 2 heterocycles. The van der Waals surface area contributed by atoms with Gasteiger partial charge in [-0.1, -0.05) is 13.0 Å². The first-order valence-corrected chi connectivity index (χ1v) is 9.81. The van der Waals surface area contributed by atoms with Gasteiger partial charge < -0.3 is 19.9 Å². The van der Waals surface area contributed by atoms with Crippen molar-refractivity contribution in [2.45, 2.75) is 44.5 Å². The number of aromatic nitrogens is 1. The number of nitrogens with zero attached hydrogens (tertiary/aromatic N) is 1. The van der Waals surface area contributed by atoms with Crippen LogP contribution in [0.4, 0.5) is 18.9 Å². The fourth-order valence-electron chi connectivity index (χ4n) is 3.84. The summed E-state index contributed by atoms with van der Waals surface area (Å²) in [5, 5.41) is 12.2. The zero-order valence-electron chi connectivity index (χ0n) is 17.7. The number of aliphatic hydroxyl groups is 1. The lowest BCUT2D eigenvalue weighted by molar-refractivity contribution is -0.131. The standard InChI is InChI=1S/C22H25F3N2O4/c1-11-17(13-6-7-14(24)18(25)19(13)30-4)20(31-22(11,2)3)21(29)27-12-5-8-15(26-10-12)16(28)9-23/h5-8,10-11,16-17,20,28H,9H2,1-4H3,(H,27,29)/t11-,16-,17-,20+/m0/s1. The maximum atomic E-state index is 14.3. The first kappa shape index (κ1) is 23.0. The molecule has 31 heavy (non-hydrogen) atoms. The minimum absolute atomic E-state index is 0.136. The molecule has 1 aromatic carbocycles. The smallest absolute Gasteiger partial charge is 0.254 e. The first-order valence-electron chi connectivity index (χ1n) is 9.81. The number of amides is 1. The van der Waals surface area contributed by atoms with Gasteiger partial charge in [0.2, 0.25) is 5.82 Å². The molecule has 6 nitrogen and oxygen atoms in total. The molecule has 0 aliphatic carbocycles. The van der Waals surface area contributed by atoms with E-state index in [4.69, 9.17) is 9.47 Å². The first-order chi connectivity index (χ1) is 14.6. The van der Waals surface area contributed by atoms with Crippen LogP contribution in [0, 0.1) is 17.6 Å². The number of carbonyl (C=O) groups is 1. The highest BCUT2D eigenvalue weighted by molar-refractivity contribution is 5.95. The Morgan fingerprint density at radius 3 is 2.61 bits per heavy atom. The van der Waals surface area contributed by atoms with Crippen molar-refractivity contribution in [1.82, 2.24) is 4.98 Å². The minimum Gasteiger partial charge on any atom is -0.493 e. The molecule has 1 aromatic heterocycles. The maximum Gasteiger partial charge on any atom is 0.254 e. The molecular formula is C22H25F3N2O4. The summed E-state index contributed by atoms with van der Waals surface area (Å²) in [6, 6.07) is 5.28. The summed E-state index contributed by atoms with van der Waals surface area (Å²) in [6.45, 7) is 4.53. The minimum atomic E-state index is -1.34. The van der Waals surface area contributed by atoms with Crippen LogP contribution in [0.3, 0.4) is 0 Å². The number of aliphatic hydroxyl groups excluding tert-OH is 1. The van der Waals surface area contributed by atoms with E-state index in [1.165, 1.54) is 31.5 Å². The second-order valence-corrected chi connectivity index (χ2v) is 8.07. The van der Waals surface area contributed by atoms with Crippen molar-refractivity contribution in [2.24, 2.45) is 5.92 Å². The average Bonchev–Trinajstić information content (AvgIpc) is 2.99. The summed E-state index contributed by atoms with van der Waals surface area (Å²) >= 11 is 0. The van der Waals surface area contributed by atoms with Gasteiger partial charge in [0.05, 0.1) is 30.3 Å². The van der Waals surface area contributed by atoms with Gasteiger partial charge >= 0.3 is 0 Å². The van der Waals surface area contributed by atoms with Gasteiger partial charge in [-0.3, -0.25) is 9.78 Å². The monoisotopic (exact) mass is 438 g/mol. The van der Waals surface area contributed by atoms with Crippen LogP contribution in [-0.4, -0.2) is 41.5 Å². The van der Waals surface area contributed by atoms with Crippen molar-refractivity contribution in [3.8, 4) is 5.75 Å². The highest BCUT2D eigenvalue weighted by Crippen LogP contribution is 2.49. The Labute approximate surface area is 178 Å². The topological polar surface area (TPSA) is 80.7 Å². The number of pyridine rings is 1. The van der Waals surface area contributed by atoms with Crippen LogP contribution in [0.25, 0.3) is 0 Å². The van der Waals surface area contributed by atoms with Crippen molar-refractivity contribution < 1.29 is 32.5 Å². The predicted octanol–water partition coefficient (Wildman–Crippen LogP) is 3.91. The molecule has 1 saturated heterocycles. The van der Waals surface area contributed by atoms with Crippen LogP contribution in [0.5, 0.6) is 5.75 Å². The van der Waals surface area contributed by atoms with Crippen LogP contribution in [0.2, 0.25) is 0 Å². The summed E-state index contributed by atoms with van der Waals surface area (Å²) in [5.41, 5.74) is 0.0586. The Kier molecular flexibility index (Phi) is 6.56. The number of benzene rings is 1. The van der Waals surface area contributed by atoms with E-state index < -0.39 is 47.9 Å². The number of carbonyl (C=O) groups excluding carboxylic acids is 1. The van der Waals surface area contributed by atoms with Gasteiger partial charge in [-0.2, -0.15) is 4.39 Å². The SMILES string of the molecule is COc1c([C@H]2[C@H](C(=O)Nc3ccc([C@@H](O)CF)nc3)OC(C)(C)[C@H]2C)ccc(F)c1F. The number of halogens is 3. The number of alkyl halides is 1. The largest absolute Gasteiger partial charge is 0.493 e. The van der Waals surface area contributed by atoms with E-state index in [1.807, 2.05) is 20.8 Å². The molecule has 4 atom stereocenters. The summed E-state index contributed by atoms with van der Waals surface area (Å²) in [6.07, 6.45) is -1.06. The molecule has 2 N–H and O–H groups in total. The van der Waals surface area contributed by atoms with E-state index in [9.17, 15) is 23.1 Å². The van der Waals surface area contributed by atoms with E-state index in [0.717, 1.165) is 6.07 Å². The number of hydrogen-bond acceptors (Lipinski definition) is 5. The van der Waals surface area contributed by atoms with Gasteiger partial charge in [0, 0.05) is 11.5 Å². The summed E-state index contributed by atoms with van der Waals surface area (Å²) in [5.74, 6) is -3.78. The van der Waals surface area contributed by atoms with E-state index >= 15 is 0 Å². The molecule has 1 fully saturated rings. The molecule has 1 aliphatic heterocycles. The fraction of sp³-hybridized carbons (Fsp3) is 0.455. The zero-order chi connectivity index (χ0) is 22.9. The van der Waals surface area contributed by atoms with Gasteiger partial charge in [0.15, 0.2) is 11.6 Å². The molecule has 0 radical (unpaired) electrons. The molecule has 0 bridgehead atoms. The van der Waals surface area contributed by atoms with E-state index in [1.54, 1.807) is 0 Å². The predicted molar refractivity (Wildman–Crippen MR) is 108 cm³/mol. The molecule has 0 unspecified atom stereocenters. The van der Waals surface area contributed by atoms with Gasteiger partial charge in [-0.25, -0.2) is 8.78 Å². The van der Waals surface area contributed by atoms with Gasteiger partial charge in [-0.05, 0) is 38.0 Å². The maximum absolute atomic E-state index is 14.3. The van der Waals surface area contributed by atoms with Crippen molar-refractivity contribution in [3.05, 3.63) is 53.4 Å². The normalized spacial score (nSPS) is 23.4. The summed E-state index contributed by atoms with van der Waals surface area (Å²) < 4.78 is 51.8. The number of hydrogen-bond donors (Lipinski definition) is 2. The third-order valence-corrected chi connectivity index (χ3v) is 5.84. The highest BCUT2D eigenvalue weighted by Gasteiger charge is 2.51. The van der Waals surface area contributed by atoms with E-state index in [2.05, 4.69) is 10.3 Å². The second-order valence-electron chi connectivity index (χ2n) is 8.07. The average molecular weight is 438 g/mol. The second kappa shape index (κ2) is 8.84. The Balaban J connectivity index is 1.91. The highest BCUT2D eigenvalue weighted by atomic mass is 19.2. The van der Waals surface area contributed by atoms with Crippen LogP contribution in [0.15, 0.2) is 30.5 Å². The summed E-state index contributed by atoms with van der Waals surface area (Å²) in [4.78, 5) is 17.0. The zero-order valence-corrected chi connectivity index (χ0v) is 17.7. The van der Waals surface area contributed by atoms with Crippen molar-refractivity contribution in [1.29, 1.82) is 0 Å². The lowest BCUT2D eigenvalue weighted by Gasteiger charge is -2.25. The third-order valence-electron chi connectivity index (χ3n) is 5.84. The van der Waals surface area contributed by atoms with Crippen molar-refractivity contribution in [3.63, 3.8) is 0 Å². The number of ether oxygens (including phenoxy) is 2. The quantitative estimate of drug-likeness (QED) is 0.715. The number of nitrogens with one attached hydrogen (secondary N) is 1. The van der Waals surface area contributed by atoms with Crippen LogP contribution in [0.1, 0.15) is 44.1 Å². The molecule has 1 amide bonds. The Morgan fingerprint density at radius 2 is 2.03 bits per heavy atom. The third kappa shape index (κ3) is 4.38. The summed E-state index contributed by atoms with van der Waals surface area (Å²) in [7, 11) is 1.24. The van der Waals surface area contributed by atoms with Gasteiger partial charge in [0.25, 0.3) is 5.91 Å². The van der Waals surface area contributed by atoms with Crippen LogP contribution >= 0.6 is 0 Å². The molecule has 0 saturated carbocycles. The number of anilines is 1. The van der Waals surface area contributed by atoms with E-state index in [-0.39, 0.29) is 17.4 Å². The van der Waals surface area contributed by atoms with Gasteiger partial charge in [-0.15, -0.1) is 0 Å².